The minimum absolute atomic E-state index is 0.0765. The van der Waals surface area contributed by atoms with Crippen molar-refractivity contribution in [2.75, 3.05) is 13.2 Å². The highest BCUT2D eigenvalue weighted by Gasteiger charge is 2.19. The van der Waals surface area contributed by atoms with Crippen LogP contribution in [-0.4, -0.2) is 37.2 Å². The number of rotatable bonds is 63. The Kier molecular flexibility index (Phi) is 65.2. The van der Waals surface area contributed by atoms with Gasteiger partial charge in [0.2, 0.25) is 0 Å². The molecule has 0 rings (SSSR count). The Morgan fingerprint density at radius 2 is 0.487 bits per heavy atom. The molecule has 0 heterocycles. The van der Waals surface area contributed by atoms with E-state index in [9.17, 15) is 14.4 Å². The van der Waals surface area contributed by atoms with Crippen LogP contribution in [0.2, 0.25) is 0 Å². The van der Waals surface area contributed by atoms with Crippen LogP contribution in [-0.2, 0) is 28.6 Å². The molecule has 0 saturated carbocycles. The second-order valence-corrected chi connectivity index (χ2v) is 23.1. The van der Waals surface area contributed by atoms with Crippen molar-refractivity contribution in [2.24, 2.45) is 0 Å². The first-order valence-electron chi connectivity index (χ1n) is 34.6. The quantitative estimate of drug-likeness (QED) is 0.0261. The molecule has 1 atom stereocenters. The second-order valence-electron chi connectivity index (χ2n) is 23.1. The molecule has 6 nitrogen and oxygen atoms in total. The van der Waals surface area contributed by atoms with Crippen LogP contribution in [0.4, 0.5) is 0 Å². The number of hydrogen-bond donors (Lipinski definition) is 0. The summed E-state index contributed by atoms with van der Waals surface area (Å²) in [5.74, 6) is -0.871. The van der Waals surface area contributed by atoms with E-state index in [1.807, 2.05) is 0 Å². The molecule has 0 radical (unpaired) electrons. The molecule has 0 amide bonds. The maximum absolute atomic E-state index is 12.9. The molecule has 0 fully saturated rings. The highest BCUT2D eigenvalue weighted by molar-refractivity contribution is 5.71. The molecule has 0 aliphatic rings. The number of carbonyl (C=O) groups excluding carboxylic acids is 3. The van der Waals surface area contributed by atoms with E-state index in [-0.39, 0.29) is 31.1 Å². The molecule has 0 aliphatic heterocycles. The van der Waals surface area contributed by atoms with Gasteiger partial charge in [-0.3, -0.25) is 14.4 Å². The van der Waals surface area contributed by atoms with Crippen molar-refractivity contribution in [1.29, 1.82) is 0 Å². The van der Waals surface area contributed by atoms with Gasteiger partial charge >= 0.3 is 17.9 Å². The van der Waals surface area contributed by atoms with E-state index in [0.717, 1.165) is 116 Å². The van der Waals surface area contributed by atoms with E-state index in [4.69, 9.17) is 14.2 Å². The fraction of sp³-hybridized carbons (Fsp3) is 0.770. The topological polar surface area (TPSA) is 78.9 Å². The maximum Gasteiger partial charge on any atom is 0.306 e. The standard InChI is InChI=1S/C74H130O6/c1-4-7-10-13-16-19-22-25-28-29-30-31-32-33-34-35-36-37-38-39-40-41-42-43-44-45-47-49-52-55-58-61-64-67-73(76)79-70-71(69-78-72(75)66-63-60-57-54-51-48-27-24-21-18-15-12-9-6-3)80-74(77)68-65-62-59-56-53-50-46-26-23-20-17-14-11-8-5-2/h7,10,16-17,19-20,25-26,28,30-31,33-34,46,71H,4-6,8-9,11-15,18,21-24,27,29,32,35-45,47-70H2,1-3H3/b10-7-,19-16-,20-17-,28-25-,31-30-,34-33-,46-26-. The predicted octanol–water partition coefficient (Wildman–Crippen LogP) is 23.8. The first kappa shape index (κ1) is 76.6. The van der Waals surface area contributed by atoms with Crippen LogP contribution in [0.1, 0.15) is 348 Å². The summed E-state index contributed by atoms with van der Waals surface area (Å²) in [4.78, 5) is 38.3. The van der Waals surface area contributed by atoms with Crippen LogP contribution in [0, 0.1) is 0 Å². The fourth-order valence-electron chi connectivity index (χ4n) is 9.97. The van der Waals surface area contributed by atoms with Gasteiger partial charge in [0, 0.05) is 19.3 Å². The van der Waals surface area contributed by atoms with E-state index in [1.54, 1.807) is 0 Å². The van der Waals surface area contributed by atoms with Crippen LogP contribution in [0.15, 0.2) is 85.1 Å². The van der Waals surface area contributed by atoms with Gasteiger partial charge in [0.15, 0.2) is 6.10 Å². The van der Waals surface area contributed by atoms with Crippen molar-refractivity contribution in [3.05, 3.63) is 85.1 Å². The molecule has 0 saturated heterocycles. The molecule has 0 bridgehead atoms. The van der Waals surface area contributed by atoms with Crippen molar-refractivity contribution in [2.45, 2.75) is 354 Å². The molecule has 0 spiro atoms. The lowest BCUT2D eigenvalue weighted by Gasteiger charge is -2.18. The Morgan fingerprint density at radius 3 is 0.787 bits per heavy atom. The number of esters is 3. The first-order chi connectivity index (χ1) is 39.5. The van der Waals surface area contributed by atoms with Gasteiger partial charge in [0.1, 0.15) is 13.2 Å². The van der Waals surface area contributed by atoms with Gasteiger partial charge < -0.3 is 14.2 Å². The normalized spacial score (nSPS) is 12.6. The third-order valence-corrected chi connectivity index (χ3v) is 15.1. The average molecular weight is 1120 g/mol. The summed E-state index contributed by atoms with van der Waals surface area (Å²) in [5, 5.41) is 0. The first-order valence-corrected chi connectivity index (χ1v) is 34.6. The van der Waals surface area contributed by atoms with Crippen molar-refractivity contribution >= 4 is 17.9 Å². The minimum atomic E-state index is -0.781. The lowest BCUT2D eigenvalue weighted by molar-refractivity contribution is -0.167. The molecule has 0 N–H and O–H groups in total. The summed E-state index contributed by atoms with van der Waals surface area (Å²) < 4.78 is 16.9. The highest BCUT2D eigenvalue weighted by atomic mass is 16.6. The number of allylic oxidation sites excluding steroid dienone is 14. The Hall–Kier alpha value is -3.41. The van der Waals surface area contributed by atoms with E-state index < -0.39 is 6.10 Å². The molecular formula is C74H130O6. The summed E-state index contributed by atoms with van der Waals surface area (Å²) in [6.45, 7) is 6.53. The molecule has 0 aromatic carbocycles. The molecule has 1 unspecified atom stereocenters. The monoisotopic (exact) mass is 1110 g/mol. The molecule has 462 valence electrons. The van der Waals surface area contributed by atoms with Crippen molar-refractivity contribution < 1.29 is 28.6 Å². The average Bonchev–Trinajstić information content (AvgIpc) is 3.46. The molecule has 6 heteroatoms. The summed E-state index contributed by atoms with van der Waals surface area (Å²) in [7, 11) is 0. The molecule has 0 aromatic heterocycles. The van der Waals surface area contributed by atoms with Gasteiger partial charge in [0.25, 0.3) is 0 Å². The van der Waals surface area contributed by atoms with Crippen LogP contribution in [0.25, 0.3) is 0 Å². The summed E-state index contributed by atoms with van der Waals surface area (Å²) in [6, 6.07) is 0. The van der Waals surface area contributed by atoms with Crippen molar-refractivity contribution in [3.63, 3.8) is 0 Å². The molecule has 0 aromatic rings. The summed E-state index contributed by atoms with van der Waals surface area (Å²) in [5.41, 5.74) is 0. The summed E-state index contributed by atoms with van der Waals surface area (Å²) in [6.07, 6.45) is 90.4. The Bertz CT molecular complexity index is 1520. The number of unbranched alkanes of at least 4 members (excludes halogenated alkanes) is 38. The van der Waals surface area contributed by atoms with E-state index in [2.05, 4.69) is 106 Å². The van der Waals surface area contributed by atoms with Crippen LogP contribution >= 0.6 is 0 Å². The third kappa shape index (κ3) is 65.4. The van der Waals surface area contributed by atoms with E-state index in [1.165, 1.54) is 193 Å². The Morgan fingerprint density at radius 1 is 0.263 bits per heavy atom. The third-order valence-electron chi connectivity index (χ3n) is 15.1. The minimum Gasteiger partial charge on any atom is -0.462 e. The zero-order valence-electron chi connectivity index (χ0n) is 53.1. The number of ether oxygens (including phenoxy) is 3. The van der Waals surface area contributed by atoms with E-state index >= 15 is 0 Å². The van der Waals surface area contributed by atoms with Crippen molar-refractivity contribution in [1.82, 2.24) is 0 Å². The fourth-order valence-corrected chi connectivity index (χ4v) is 9.97. The lowest BCUT2D eigenvalue weighted by atomic mass is 10.0. The predicted molar refractivity (Wildman–Crippen MR) is 348 cm³/mol. The van der Waals surface area contributed by atoms with Gasteiger partial charge in [-0.2, -0.15) is 0 Å². The van der Waals surface area contributed by atoms with Gasteiger partial charge in [0.05, 0.1) is 0 Å². The van der Waals surface area contributed by atoms with Crippen LogP contribution in [0.5, 0.6) is 0 Å². The Labute approximate surface area is 496 Å². The highest BCUT2D eigenvalue weighted by Crippen LogP contribution is 2.17. The lowest BCUT2D eigenvalue weighted by Crippen LogP contribution is -2.30. The number of carbonyl (C=O) groups is 3. The molecule has 80 heavy (non-hydrogen) atoms. The molecular weight excluding hydrogens is 985 g/mol. The second kappa shape index (κ2) is 68.1. The maximum atomic E-state index is 12.9. The van der Waals surface area contributed by atoms with Gasteiger partial charge in [-0.25, -0.2) is 0 Å². The Balaban J connectivity index is 4.16. The zero-order chi connectivity index (χ0) is 57.8. The van der Waals surface area contributed by atoms with Crippen molar-refractivity contribution in [3.8, 4) is 0 Å². The van der Waals surface area contributed by atoms with Gasteiger partial charge in [-0.05, 0) is 96.3 Å². The number of hydrogen-bond acceptors (Lipinski definition) is 6. The zero-order valence-corrected chi connectivity index (χ0v) is 53.1. The summed E-state index contributed by atoms with van der Waals surface area (Å²) >= 11 is 0. The van der Waals surface area contributed by atoms with Gasteiger partial charge in [-0.1, -0.05) is 318 Å². The van der Waals surface area contributed by atoms with E-state index in [0.29, 0.717) is 19.3 Å². The largest absolute Gasteiger partial charge is 0.462 e. The smallest absolute Gasteiger partial charge is 0.306 e. The van der Waals surface area contributed by atoms with Crippen LogP contribution in [0.3, 0.4) is 0 Å². The SMILES string of the molecule is CC/C=C\C/C=C\C/C=C\C/C=C\C/C=C\CCCCCCCCCCCCCCCCCCCC(=O)OCC(COC(=O)CCCCCCCCCCCCCCCC)OC(=O)CCCCCCC/C=C\C/C=C\CCCCC. The van der Waals surface area contributed by atoms with Gasteiger partial charge in [-0.15, -0.1) is 0 Å². The van der Waals surface area contributed by atoms with Crippen LogP contribution < -0.4 is 0 Å². The molecule has 0 aliphatic carbocycles.